The van der Waals surface area contributed by atoms with Crippen molar-refractivity contribution in [3.05, 3.63) is 54.0 Å². The summed E-state index contributed by atoms with van der Waals surface area (Å²) in [6.45, 7) is 9.81. The zero-order chi connectivity index (χ0) is 30.0. The number of amides is 1. The standard InChI is InChI=1S/C30H38N10O3/c1-19-16-26(37-36-19)33-25-18-27(39-14-10-20(11-15-39)32-29(41)42-30(2,3)4)35-28(34-25)40-13-7-9-23(40)24-17-22(38-43-24)21-8-5-6-12-31-21/h5-6,8,12,16-18,20,23H,7,9-11,13-15H2,1-4H3,(H,32,41)(H2,33,34,35,36,37). The molecule has 0 radical (unpaired) electrons. The van der Waals surface area contributed by atoms with E-state index in [1.807, 2.05) is 64.1 Å². The number of aryl methyl sites for hydroxylation is 1. The first-order chi connectivity index (χ1) is 20.7. The average molecular weight is 587 g/mol. The molecule has 0 bridgehead atoms. The number of pyridine rings is 1. The molecule has 0 aliphatic carbocycles. The average Bonchev–Trinajstić information content (AvgIpc) is 3.74. The third-order valence-corrected chi connectivity index (χ3v) is 7.50. The van der Waals surface area contributed by atoms with Crippen LogP contribution in [0, 0.1) is 6.92 Å². The van der Waals surface area contributed by atoms with Gasteiger partial charge in [-0.2, -0.15) is 15.1 Å². The van der Waals surface area contributed by atoms with Crippen LogP contribution in [0.4, 0.5) is 28.2 Å². The third-order valence-electron chi connectivity index (χ3n) is 7.50. The van der Waals surface area contributed by atoms with E-state index in [1.54, 1.807) is 6.20 Å². The monoisotopic (exact) mass is 586 g/mol. The fraction of sp³-hybridized carbons (Fsp3) is 0.467. The number of nitrogens with zero attached hydrogens (tertiary/aromatic N) is 7. The van der Waals surface area contributed by atoms with Crippen LogP contribution in [0.5, 0.6) is 0 Å². The van der Waals surface area contributed by atoms with Crippen LogP contribution in [-0.2, 0) is 4.74 Å². The van der Waals surface area contributed by atoms with Gasteiger partial charge in [-0.3, -0.25) is 10.1 Å². The summed E-state index contributed by atoms with van der Waals surface area (Å²) in [7, 11) is 0. The topological polar surface area (TPSA) is 150 Å². The number of alkyl carbamates (subject to hydrolysis) is 1. The number of nitrogens with one attached hydrogen (secondary N) is 3. The van der Waals surface area contributed by atoms with Crippen LogP contribution < -0.4 is 20.4 Å². The second kappa shape index (κ2) is 11.9. The van der Waals surface area contributed by atoms with Gasteiger partial charge in [-0.1, -0.05) is 11.2 Å². The first-order valence-electron chi connectivity index (χ1n) is 14.8. The van der Waals surface area contributed by atoms with Crippen LogP contribution in [0.2, 0.25) is 0 Å². The number of aromatic amines is 1. The van der Waals surface area contributed by atoms with Gasteiger partial charge in [0.05, 0.1) is 11.7 Å². The van der Waals surface area contributed by atoms with Gasteiger partial charge in [0.15, 0.2) is 11.6 Å². The molecule has 13 heteroatoms. The number of hydrogen-bond donors (Lipinski definition) is 3. The van der Waals surface area contributed by atoms with Crippen molar-refractivity contribution in [2.75, 3.05) is 34.8 Å². The summed E-state index contributed by atoms with van der Waals surface area (Å²) in [5, 5.41) is 18.0. The summed E-state index contributed by atoms with van der Waals surface area (Å²) < 4.78 is 11.3. The molecule has 3 N–H and O–H groups in total. The number of rotatable bonds is 7. The van der Waals surface area contributed by atoms with E-state index >= 15 is 0 Å². The van der Waals surface area contributed by atoms with E-state index in [0.29, 0.717) is 23.3 Å². The highest BCUT2D eigenvalue weighted by Gasteiger charge is 2.33. The van der Waals surface area contributed by atoms with Gasteiger partial charge in [0.2, 0.25) is 5.95 Å². The molecule has 0 spiro atoms. The lowest BCUT2D eigenvalue weighted by Gasteiger charge is -2.34. The van der Waals surface area contributed by atoms with Crippen LogP contribution in [-0.4, -0.2) is 67.7 Å². The minimum atomic E-state index is -0.530. The zero-order valence-corrected chi connectivity index (χ0v) is 25.0. The van der Waals surface area contributed by atoms with E-state index in [4.69, 9.17) is 19.2 Å². The lowest BCUT2D eigenvalue weighted by molar-refractivity contribution is 0.0497. The highest BCUT2D eigenvalue weighted by Crippen LogP contribution is 2.37. The smallest absolute Gasteiger partial charge is 0.407 e. The summed E-state index contributed by atoms with van der Waals surface area (Å²) >= 11 is 0. The second-order valence-corrected chi connectivity index (χ2v) is 12.1. The highest BCUT2D eigenvalue weighted by atomic mass is 16.6. The molecule has 6 rings (SSSR count). The molecule has 2 aliphatic heterocycles. The van der Waals surface area contributed by atoms with Crippen molar-refractivity contribution in [2.45, 2.75) is 71.1 Å². The molecule has 0 saturated carbocycles. The number of ether oxygens (including phenoxy) is 1. The van der Waals surface area contributed by atoms with Crippen molar-refractivity contribution >= 4 is 29.5 Å². The van der Waals surface area contributed by atoms with Gasteiger partial charge in [-0.05, 0) is 65.5 Å². The lowest BCUT2D eigenvalue weighted by Crippen LogP contribution is -2.46. The van der Waals surface area contributed by atoms with Crippen molar-refractivity contribution in [1.82, 2.24) is 35.6 Å². The van der Waals surface area contributed by atoms with Crippen LogP contribution in [0.25, 0.3) is 11.4 Å². The van der Waals surface area contributed by atoms with Crippen molar-refractivity contribution in [2.24, 2.45) is 0 Å². The van der Waals surface area contributed by atoms with E-state index in [9.17, 15) is 4.79 Å². The molecule has 6 heterocycles. The number of hydrogen-bond acceptors (Lipinski definition) is 11. The Morgan fingerprint density at radius 3 is 2.60 bits per heavy atom. The fourth-order valence-corrected chi connectivity index (χ4v) is 5.50. The molecule has 1 amide bonds. The van der Waals surface area contributed by atoms with Gasteiger partial charge < -0.3 is 29.7 Å². The van der Waals surface area contributed by atoms with Crippen LogP contribution >= 0.6 is 0 Å². The first-order valence-corrected chi connectivity index (χ1v) is 14.8. The maximum Gasteiger partial charge on any atom is 0.407 e. The van der Waals surface area contributed by atoms with Gasteiger partial charge in [0.1, 0.15) is 22.9 Å². The van der Waals surface area contributed by atoms with Gasteiger partial charge >= 0.3 is 6.09 Å². The minimum Gasteiger partial charge on any atom is -0.444 e. The number of piperidine rings is 1. The number of carbonyl (C=O) groups excluding carboxylic acids is 1. The van der Waals surface area contributed by atoms with Gasteiger partial charge in [-0.15, -0.1) is 0 Å². The largest absolute Gasteiger partial charge is 0.444 e. The van der Waals surface area contributed by atoms with Crippen molar-refractivity contribution in [1.29, 1.82) is 0 Å². The SMILES string of the molecule is Cc1cc(Nc2cc(N3CCC(NC(=O)OC(C)(C)C)CC3)nc(N3CCCC3c3cc(-c4ccccn4)no3)n2)n[nH]1. The van der Waals surface area contributed by atoms with E-state index in [0.717, 1.165) is 68.3 Å². The molecule has 13 nitrogen and oxygen atoms in total. The predicted octanol–water partition coefficient (Wildman–Crippen LogP) is 5.14. The molecule has 2 aliphatic rings. The number of aromatic nitrogens is 6. The zero-order valence-electron chi connectivity index (χ0n) is 25.0. The molecule has 0 aromatic carbocycles. The molecule has 1 unspecified atom stereocenters. The molecule has 226 valence electrons. The van der Waals surface area contributed by atoms with Crippen molar-refractivity contribution in [3.63, 3.8) is 0 Å². The Labute approximate surface area is 250 Å². The van der Waals surface area contributed by atoms with Crippen molar-refractivity contribution in [3.8, 4) is 11.4 Å². The van der Waals surface area contributed by atoms with Gasteiger partial charge in [0, 0.05) is 55.8 Å². The quantitative estimate of drug-likeness (QED) is 0.264. The lowest BCUT2D eigenvalue weighted by atomic mass is 10.1. The predicted molar refractivity (Wildman–Crippen MR) is 162 cm³/mol. The summed E-state index contributed by atoms with van der Waals surface area (Å²) in [4.78, 5) is 31.1. The summed E-state index contributed by atoms with van der Waals surface area (Å²) in [5.41, 5.74) is 1.89. The van der Waals surface area contributed by atoms with E-state index in [2.05, 4.69) is 40.8 Å². The Bertz CT molecular complexity index is 1540. The van der Waals surface area contributed by atoms with E-state index < -0.39 is 5.60 Å². The molecule has 1 atom stereocenters. The molecular weight excluding hydrogens is 548 g/mol. The number of anilines is 4. The minimum absolute atomic E-state index is 0.0414. The maximum absolute atomic E-state index is 12.3. The number of H-pyrrole nitrogens is 1. The normalized spacial score (nSPS) is 17.7. The Hall–Kier alpha value is -4.68. The third kappa shape index (κ3) is 6.87. The first kappa shape index (κ1) is 28.4. The van der Waals surface area contributed by atoms with E-state index in [1.165, 1.54) is 0 Å². The summed E-state index contributed by atoms with van der Waals surface area (Å²) in [6.07, 6.45) is 4.79. The Kier molecular flexibility index (Phi) is 7.87. The Balaban J connectivity index is 1.23. The highest BCUT2D eigenvalue weighted by molar-refractivity contribution is 5.68. The summed E-state index contributed by atoms with van der Waals surface area (Å²) in [5.74, 6) is 3.52. The van der Waals surface area contributed by atoms with Crippen LogP contribution in [0.3, 0.4) is 0 Å². The second-order valence-electron chi connectivity index (χ2n) is 12.1. The molecule has 43 heavy (non-hydrogen) atoms. The molecule has 4 aromatic rings. The maximum atomic E-state index is 12.3. The van der Waals surface area contributed by atoms with Gasteiger partial charge in [-0.25, -0.2) is 4.79 Å². The molecule has 2 saturated heterocycles. The summed E-state index contributed by atoms with van der Waals surface area (Å²) in [6, 6.07) is 11.6. The molecular formula is C30H38N10O3. The van der Waals surface area contributed by atoms with Gasteiger partial charge in [0.25, 0.3) is 0 Å². The fourth-order valence-electron chi connectivity index (χ4n) is 5.50. The van der Waals surface area contributed by atoms with Crippen LogP contribution in [0.15, 0.2) is 47.1 Å². The molecule has 2 fully saturated rings. The van der Waals surface area contributed by atoms with E-state index in [-0.39, 0.29) is 18.2 Å². The number of carbonyl (C=O) groups is 1. The molecule has 4 aromatic heterocycles. The Morgan fingerprint density at radius 1 is 1.05 bits per heavy atom. The van der Waals surface area contributed by atoms with Crippen molar-refractivity contribution < 1.29 is 14.1 Å². The Morgan fingerprint density at radius 2 is 1.88 bits per heavy atom. The van der Waals surface area contributed by atoms with Crippen LogP contribution in [0.1, 0.15) is 64.0 Å².